The van der Waals surface area contributed by atoms with Crippen LogP contribution in [0.3, 0.4) is 0 Å². The lowest BCUT2D eigenvalue weighted by Crippen LogP contribution is -2.18. The minimum absolute atomic E-state index is 0.0679. The van der Waals surface area contributed by atoms with Gasteiger partial charge in [-0.25, -0.2) is 13.4 Å². The monoisotopic (exact) mass is 380 g/mol. The topological polar surface area (TPSA) is 112 Å². The molecule has 0 aromatic carbocycles. The molecule has 2 aromatic heterocycles. The molecule has 1 unspecified atom stereocenters. The van der Waals surface area contributed by atoms with Gasteiger partial charge in [-0.05, 0) is 24.8 Å². The number of carbonyl (C=O) groups excluding carboxylic acids is 1. The van der Waals surface area contributed by atoms with E-state index >= 15 is 0 Å². The summed E-state index contributed by atoms with van der Waals surface area (Å²) in [7, 11) is -3.03. The smallest absolute Gasteiger partial charge is 0.278 e. The molecule has 3 rings (SSSR count). The normalized spacial score (nSPS) is 19.2. The molecule has 1 amide bonds. The zero-order chi connectivity index (χ0) is 18.9. The van der Waals surface area contributed by atoms with Crippen LogP contribution in [0.5, 0.6) is 0 Å². The van der Waals surface area contributed by atoms with E-state index in [4.69, 9.17) is 0 Å². The fourth-order valence-electron chi connectivity index (χ4n) is 3.07. The maximum Gasteiger partial charge on any atom is 0.278 e. The molecule has 10 heteroatoms. The zero-order valence-electron chi connectivity index (χ0n) is 15.2. The van der Waals surface area contributed by atoms with Crippen molar-refractivity contribution in [2.45, 2.75) is 52.1 Å². The molecule has 0 bridgehead atoms. The van der Waals surface area contributed by atoms with Gasteiger partial charge in [-0.3, -0.25) is 19.5 Å². The summed E-state index contributed by atoms with van der Waals surface area (Å²) >= 11 is 0. The quantitative estimate of drug-likeness (QED) is 0.815. The first kappa shape index (κ1) is 18.6. The number of hydrogen-bond donors (Lipinski definition) is 1. The summed E-state index contributed by atoms with van der Waals surface area (Å²) < 4.78 is 27.0. The summed E-state index contributed by atoms with van der Waals surface area (Å²) in [4.78, 5) is 16.6. The Morgan fingerprint density at radius 1 is 1.38 bits per heavy atom. The van der Waals surface area contributed by atoms with E-state index in [9.17, 15) is 13.2 Å². The zero-order valence-corrected chi connectivity index (χ0v) is 16.0. The van der Waals surface area contributed by atoms with Gasteiger partial charge in [0.05, 0.1) is 17.5 Å². The fraction of sp³-hybridized carbons (Fsp3) is 0.625. The molecule has 26 heavy (non-hydrogen) atoms. The van der Waals surface area contributed by atoms with Crippen LogP contribution in [0, 0.1) is 0 Å². The molecule has 142 valence electrons. The van der Waals surface area contributed by atoms with E-state index < -0.39 is 15.7 Å². The number of amides is 1. The summed E-state index contributed by atoms with van der Waals surface area (Å²) in [5, 5.41) is 11.2. The van der Waals surface area contributed by atoms with Gasteiger partial charge in [-0.15, -0.1) is 5.10 Å². The van der Waals surface area contributed by atoms with Crippen LogP contribution < -0.4 is 5.32 Å². The number of rotatable bonds is 6. The van der Waals surface area contributed by atoms with Gasteiger partial charge >= 0.3 is 0 Å². The third-order valence-corrected chi connectivity index (χ3v) is 6.11. The van der Waals surface area contributed by atoms with E-state index in [1.165, 1.54) is 0 Å². The van der Waals surface area contributed by atoms with Crippen molar-refractivity contribution in [3.05, 3.63) is 23.8 Å². The van der Waals surface area contributed by atoms with Crippen LogP contribution in [0.25, 0.3) is 0 Å². The van der Waals surface area contributed by atoms with Crippen molar-refractivity contribution < 1.29 is 13.2 Å². The lowest BCUT2D eigenvalue weighted by atomic mass is 10.1. The lowest BCUT2D eigenvalue weighted by Gasteiger charge is -2.15. The average molecular weight is 380 g/mol. The van der Waals surface area contributed by atoms with Gasteiger partial charge in [0.1, 0.15) is 6.33 Å². The molecule has 0 spiro atoms. The number of sulfone groups is 1. The molecular formula is C16H24N6O3S. The molecule has 0 radical (unpaired) electrons. The Morgan fingerprint density at radius 3 is 2.77 bits per heavy atom. The Bertz CT molecular complexity index is 899. The maximum absolute atomic E-state index is 12.5. The number of aryl methyl sites for hydroxylation is 1. The summed E-state index contributed by atoms with van der Waals surface area (Å²) in [6, 6.07) is 1.49. The molecule has 1 atom stereocenters. The van der Waals surface area contributed by atoms with Gasteiger partial charge in [0.25, 0.3) is 5.91 Å². The van der Waals surface area contributed by atoms with Gasteiger partial charge in [0.15, 0.2) is 15.5 Å². The van der Waals surface area contributed by atoms with Crippen LogP contribution in [0.15, 0.2) is 12.4 Å². The third kappa shape index (κ3) is 3.95. The molecule has 1 saturated heterocycles. The third-order valence-electron chi connectivity index (χ3n) is 4.36. The second kappa shape index (κ2) is 7.18. The van der Waals surface area contributed by atoms with Gasteiger partial charge in [-0.2, -0.15) is 5.10 Å². The van der Waals surface area contributed by atoms with Crippen LogP contribution in [-0.4, -0.2) is 50.4 Å². The molecule has 9 nitrogen and oxygen atoms in total. The van der Waals surface area contributed by atoms with Crippen molar-refractivity contribution in [3.63, 3.8) is 0 Å². The minimum Gasteiger partial charge on any atom is -0.288 e. The lowest BCUT2D eigenvalue weighted by molar-refractivity contribution is 0.102. The van der Waals surface area contributed by atoms with Crippen molar-refractivity contribution in [1.29, 1.82) is 0 Å². The first-order chi connectivity index (χ1) is 12.3. The Hall–Kier alpha value is -2.23. The highest BCUT2D eigenvalue weighted by Gasteiger charge is 2.32. The number of nitrogens with one attached hydrogen (secondary N) is 1. The molecule has 1 aliphatic heterocycles. The average Bonchev–Trinajstić information content (AvgIpc) is 3.25. The Kier molecular flexibility index (Phi) is 5.12. The summed E-state index contributed by atoms with van der Waals surface area (Å²) in [6.45, 7) is 6.74. The second-order valence-corrected chi connectivity index (χ2v) is 9.12. The van der Waals surface area contributed by atoms with Crippen molar-refractivity contribution in [1.82, 2.24) is 24.5 Å². The van der Waals surface area contributed by atoms with E-state index in [1.807, 2.05) is 20.8 Å². The minimum atomic E-state index is -3.03. The first-order valence-electron chi connectivity index (χ1n) is 8.79. The van der Waals surface area contributed by atoms with Gasteiger partial charge in [0, 0.05) is 12.2 Å². The Labute approximate surface area is 152 Å². The van der Waals surface area contributed by atoms with Crippen molar-refractivity contribution in [2.75, 3.05) is 16.8 Å². The van der Waals surface area contributed by atoms with Gasteiger partial charge in [0.2, 0.25) is 5.95 Å². The van der Waals surface area contributed by atoms with Crippen LogP contribution in [0.4, 0.5) is 5.95 Å². The highest BCUT2D eigenvalue weighted by Crippen LogP contribution is 2.28. The highest BCUT2D eigenvalue weighted by molar-refractivity contribution is 7.91. The van der Waals surface area contributed by atoms with Crippen LogP contribution in [0.1, 0.15) is 61.8 Å². The predicted octanol–water partition coefficient (Wildman–Crippen LogP) is 1.62. The molecular weight excluding hydrogens is 356 g/mol. The summed E-state index contributed by atoms with van der Waals surface area (Å²) in [5.41, 5.74) is 1.09. The Morgan fingerprint density at radius 2 is 2.15 bits per heavy atom. The first-order valence-corrected chi connectivity index (χ1v) is 10.6. The van der Waals surface area contributed by atoms with Crippen molar-refractivity contribution >= 4 is 21.7 Å². The van der Waals surface area contributed by atoms with Crippen molar-refractivity contribution in [2.24, 2.45) is 0 Å². The van der Waals surface area contributed by atoms with Gasteiger partial charge < -0.3 is 0 Å². The summed E-state index contributed by atoms with van der Waals surface area (Å²) in [5.74, 6) is 0.177. The van der Waals surface area contributed by atoms with E-state index in [-0.39, 0.29) is 35.1 Å². The SMILES string of the molecule is CCCn1cnc(NC(=O)c2cc(C(C)C)n(C3CCS(=O)(=O)C3)n2)n1. The molecule has 0 saturated carbocycles. The molecule has 0 aliphatic carbocycles. The number of carbonyl (C=O) groups is 1. The van der Waals surface area contributed by atoms with E-state index in [1.54, 1.807) is 21.8 Å². The fourth-order valence-corrected chi connectivity index (χ4v) is 4.76. The van der Waals surface area contributed by atoms with Gasteiger partial charge in [-0.1, -0.05) is 20.8 Å². The predicted molar refractivity (Wildman–Crippen MR) is 96.9 cm³/mol. The van der Waals surface area contributed by atoms with E-state index in [0.717, 1.165) is 18.7 Å². The van der Waals surface area contributed by atoms with Crippen LogP contribution in [-0.2, 0) is 16.4 Å². The Balaban J connectivity index is 1.81. The number of aromatic nitrogens is 5. The van der Waals surface area contributed by atoms with Crippen LogP contribution >= 0.6 is 0 Å². The number of hydrogen-bond acceptors (Lipinski definition) is 6. The van der Waals surface area contributed by atoms with Crippen molar-refractivity contribution in [3.8, 4) is 0 Å². The maximum atomic E-state index is 12.5. The van der Waals surface area contributed by atoms with E-state index in [2.05, 4.69) is 20.5 Å². The van der Waals surface area contributed by atoms with Crippen LogP contribution in [0.2, 0.25) is 0 Å². The summed E-state index contributed by atoms with van der Waals surface area (Å²) in [6.07, 6.45) is 3.01. The molecule has 3 heterocycles. The molecule has 1 fully saturated rings. The molecule has 2 aromatic rings. The number of anilines is 1. The second-order valence-electron chi connectivity index (χ2n) is 6.90. The largest absolute Gasteiger partial charge is 0.288 e. The number of nitrogens with zero attached hydrogens (tertiary/aromatic N) is 5. The molecule has 1 N–H and O–H groups in total. The van der Waals surface area contributed by atoms with E-state index in [0.29, 0.717) is 6.42 Å². The standard InChI is InChI=1S/C16H24N6O3S/c1-4-6-21-10-17-16(20-21)18-15(23)13-8-14(11(2)3)22(19-13)12-5-7-26(24,25)9-12/h8,10-12H,4-7,9H2,1-3H3,(H,18,20,23). The highest BCUT2D eigenvalue weighted by atomic mass is 32.2. The molecule has 1 aliphatic rings.